The minimum atomic E-state index is -0.706. The van der Waals surface area contributed by atoms with Gasteiger partial charge < -0.3 is 25.2 Å². The van der Waals surface area contributed by atoms with Gasteiger partial charge in [-0.25, -0.2) is 4.98 Å². The number of aliphatic hydroxyl groups is 1. The summed E-state index contributed by atoms with van der Waals surface area (Å²) in [4.78, 5) is 22.0. The lowest BCUT2D eigenvalue weighted by Crippen LogP contribution is -2.44. The molecular formula is C28H33N9O. The molecule has 38 heavy (non-hydrogen) atoms. The second kappa shape index (κ2) is 9.38. The average molecular weight is 512 g/mol. The van der Waals surface area contributed by atoms with Crippen LogP contribution in [0.1, 0.15) is 20.8 Å². The molecule has 5 aromatic rings. The number of aromatic amines is 2. The zero-order valence-corrected chi connectivity index (χ0v) is 22.2. The van der Waals surface area contributed by atoms with Crippen molar-refractivity contribution in [1.29, 1.82) is 0 Å². The Morgan fingerprint density at radius 2 is 1.79 bits per heavy atom. The number of aromatic nitrogens is 6. The SMILES string of the molecule is CN1CCN(c2nccc3[nH]c(-c4n[nH]c5cnc(-c6cncc(NC(O)C(C)(C)C)c6)cc45)cc23)CC1. The molecule has 10 nitrogen and oxygen atoms in total. The first kappa shape index (κ1) is 24.3. The Kier molecular flexibility index (Phi) is 6.00. The van der Waals surface area contributed by atoms with Crippen LogP contribution in [0.15, 0.2) is 49.1 Å². The van der Waals surface area contributed by atoms with Gasteiger partial charge in [-0.2, -0.15) is 5.10 Å². The van der Waals surface area contributed by atoms with Crippen LogP contribution in [0.4, 0.5) is 11.5 Å². The van der Waals surface area contributed by atoms with Crippen LogP contribution in [0, 0.1) is 5.41 Å². The average Bonchev–Trinajstić information content (AvgIpc) is 3.52. The summed E-state index contributed by atoms with van der Waals surface area (Å²) >= 11 is 0. The van der Waals surface area contributed by atoms with Crippen LogP contribution in [-0.4, -0.2) is 79.6 Å². The maximum Gasteiger partial charge on any atom is 0.138 e. The van der Waals surface area contributed by atoms with Crippen molar-refractivity contribution < 1.29 is 5.11 Å². The predicted octanol–water partition coefficient (Wildman–Crippen LogP) is 4.09. The van der Waals surface area contributed by atoms with Gasteiger partial charge in [-0.15, -0.1) is 0 Å². The topological polar surface area (TPSA) is 122 Å². The molecule has 0 spiro atoms. The van der Waals surface area contributed by atoms with E-state index in [2.05, 4.69) is 53.4 Å². The van der Waals surface area contributed by atoms with Crippen LogP contribution in [0.3, 0.4) is 0 Å². The van der Waals surface area contributed by atoms with Gasteiger partial charge in [-0.05, 0) is 31.3 Å². The lowest BCUT2D eigenvalue weighted by atomic mass is 9.94. The van der Waals surface area contributed by atoms with Gasteiger partial charge >= 0.3 is 0 Å². The maximum absolute atomic E-state index is 10.5. The van der Waals surface area contributed by atoms with E-state index in [1.54, 1.807) is 18.6 Å². The number of anilines is 2. The van der Waals surface area contributed by atoms with Crippen molar-refractivity contribution in [2.24, 2.45) is 5.41 Å². The maximum atomic E-state index is 10.5. The number of nitrogens with one attached hydrogen (secondary N) is 3. The van der Waals surface area contributed by atoms with E-state index in [0.717, 1.165) is 82.1 Å². The van der Waals surface area contributed by atoms with E-state index < -0.39 is 6.23 Å². The number of piperazine rings is 1. The molecule has 0 aliphatic carbocycles. The molecule has 1 aliphatic heterocycles. The summed E-state index contributed by atoms with van der Waals surface area (Å²) in [5, 5.41) is 23.4. The third kappa shape index (κ3) is 4.57. The fourth-order valence-corrected chi connectivity index (χ4v) is 4.75. The van der Waals surface area contributed by atoms with Gasteiger partial charge in [0.2, 0.25) is 0 Å². The van der Waals surface area contributed by atoms with Crippen LogP contribution in [-0.2, 0) is 0 Å². The van der Waals surface area contributed by atoms with Gasteiger partial charge in [0.25, 0.3) is 0 Å². The molecule has 1 unspecified atom stereocenters. The highest BCUT2D eigenvalue weighted by molar-refractivity contribution is 5.99. The molecule has 6 heterocycles. The van der Waals surface area contributed by atoms with Crippen molar-refractivity contribution in [2.75, 3.05) is 43.4 Å². The van der Waals surface area contributed by atoms with Gasteiger partial charge in [0, 0.05) is 60.3 Å². The minimum Gasteiger partial charge on any atom is -0.373 e. The summed E-state index contributed by atoms with van der Waals surface area (Å²) in [5.74, 6) is 1.01. The van der Waals surface area contributed by atoms with E-state index in [1.165, 1.54) is 0 Å². The Morgan fingerprint density at radius 1 is 0.974 bits per heavy atom. The Balaban J connectivity index is 1.35. The number of pyridine rings is 3. The minimum absolute atomic E-state index is 0.307. The normalized spacial score (nSPS) is 15.9. The van der Waals surface area contributed by atoms with Crippen molar-refractivity contribution in [2.45, 2.75) is 27.0 Å². The first-order valence-electron chi connectivity index (χ1n) is 12.9. The van der Waals surface area contributed by atoms with Crippen molar-refractivity contribution in [3.05, 3.63) is 49.1 Å². The van der Waals surface area contributed by atoms with Crippen molar-refractivity contribution in [1.82, 2.24) is 35.0 Å². The Labute approximate surface area is 221 Å². The third-order valence-electron chi connectivity index (χ3n) is 7.19. The number of likely N-dealkylation sites (N-methyl/N-ethyl adjacent to an activating group) is 1. The molecule has 6 rings (SSSR count). The molecule has 1 fully saturated rings. The van der Waals surface area contributed by atoms with Gasteiger partial charge in [0.05, 0.1) is 40.5 Å². The number of aliphatic hydroxyl groups excluding tert-OH is 1. The molecule has 4 N–H and O–H groups in total. The standard InChI is InChI=1S/C28H33N9O/c1-28(2,3)27(38)32-18-11-17(14-29-15-18)22-12-19-24(16-31-22)34-35-25(19)23-13-20-21(33-23)5-6-30-26(20)37-9-7-36(4)8-10-37/h5-6,11-16,27,32-33,38H,7-10H2,1-4H3,(H,34,35). The molecule has 196 valence electrons. The molecule has 0 amide bonds. The Morgan fingerprint density at radius 3 is 2.58 bits per heavy atom. The second-order valence-corrected chi connectivity index (χ2v) is 11.1. The van der Waals surface area contributed by atoms with Crippen LogP contribution >= 0.6 is 0 Å². The summed E-state index contributed by atoms with van der Waals surface area (Å²) in [6, 6.07) is 8.13. The predicted molar refractivity (Wildman–Crippen MR) is 151 cm³/mol. The molecule has 0 aromatic carbocycles. The zero-order valence-electron chi connectivity index (χ0n) is 22.2. The second-order valence-electron chi connectivity index (χ2n) is 11.1. The van der Waals surface area contributed by atoms with E-state index >= 15 is 0 Å². The Hall–Kier alpha value is -4.02. The van der Waals surface area contributed by atoms with E-state index in [0.29, 0.717) is 0 Å². The van der Waals surface area contributed by atoms with Crippen LogP contribution in [0.25, 0.3) is 44.5 Å². The van der Waals surface area contributed by atoms with E-state index in [1.807, 2.05) is 45.2 Å². The molecule has 5 aromatic heterocycles. The smallest absolute Gasteiger partial charge is 0.138 e. The van der Waals surface area contributed by atoms with Gasteiger partial charge in [-0.3, -0.25) is 15.1 Å². The highest BCUT2D eigenvalue weighted by Crippen LogP contribution is 2.34. The molecular weight excluding hydrogens is 478 g/mol. The number of rotatable bonds is 5. The number of hydrogen-bond donors (Lipinski definition) is 4. The summed E-state index contributed by atoms with van der Waals surface area (Å²) < 4.78 is 0. The van der Waals surface area contributed by atoms with Crippen LogP contribution < -0.4 is 10.2 Å². The van der Waals surface area contributed by atoms with Crippen molar-refractivity contribution in [3.8, 4) is 22.6 Å². The molecule has 0 radical (unpaired) electrons. The largest absolute Gasteiger partial charge is 0.373 e. The Bertz CT molecular complexity index is 1590. The highest BCUT2D eigenvalue weighted by Gasteiger charge is 2.23. The van der Waals surface area contributed by atoms with Gasteiger partial charge in [0.1, 0.15) is 17.7 Å². The van der Waals surface area contributed by atoms with E-state index in [4.69, 9.17) is 4.98 Å². The first-order valence-corrected chi connectivity index (χ1v) is 12.9. The third-order valence-corrected chi connectivity index (χ3v) is 7.19. The number of hydrogen-bond acceptors (Lipinski definition) is 8. The van der Waals surface area contributed by atoms with Crippen LogP contribution in [0.2, 0.25) is 0 Å². The van der Waals surface area contributed by atoms with Crippen molar-refractivity contribution >= 4 is 33.3 Å². The summed E-state index contributed by atoms with van der Waals surface area (Å²) in [5.41, 5.74) is 5.70. The molecule has 10 heteroatoms. The lowest BCUT2D eigenvalue weighted by molar-refractivity contribution is 0.0880. The molecule has 1 saturated heterocycles. The monoisotopic (exact) mass is 511 g/mol. The number of H-pyrrole nitrogens is 2. The fourth-order valence-electron chi connectivity index (χ4n) is 4.75. The zero-order chi connectivity index (χ0) is 26.4. The quantitative estimate of drug-likeness (QED) is 0.260. The summed E-state index contributed by atoms with van der Waals surface area (Å²) in [6.45, 7) is 9.90. The van der Waals surface area contributed by atoms with Crippen molar-refractivity contribution in [3.63, 3.8) is 0 Å². The highest BCUT2D eigenvalue weighted by atomic mass is 16.3. The van der Waals surface area contributed by atoms with E-state index in [-0.39, 0.29) is 5.41 Å². The van der Waals surface area contributed by atoms with Gasteiger partial charge in [0.15, 0.2) is 0 Å². The molecule has 1 atom stereocenters. The molecule has 0 bridgehead atoms. The lowest BCUT2D eigenvalue weighted by Gasteiger charge is -2.33. The number of nitrogens with zero attached hydrogens (tertiary/aromatic N) is 6. The number of fused-ring (bicyclic) bond motifs is 2. The molecule has 0 saturated carbocycles. The summed E-state index contributed by atoms with van der Waals surface area (Å²) in [7, 11) is 2.16. The van der Waals surface area contributed by atoms with Crippen LogP contribution in [0.5, 0.6) is 0 Å². The molecule has 1 aliphatic rings. The summed E-state index contributed by atoms with van der Waals surface area (Å²) in [6.07, 6.45) is 6.44. The fraction of sp³-hybridized carbons (Fsp3) is 0.357. The first-order chi connectivity index (χ1) is 18.3. The van der Waals surface area contributed by atoms with E-state index in [9.17, 15) is 5.11 Å². The van der Waals surface area contributed by atoms with Gasteiger partial charge in [-0.1, -0.05) is 20.8 Å².